The molecule has 178 valence electrons. The first-order valence-corrected chi connectivity index (χ1v) is 12.6. The van der Waals surface area contributed by atoms with Crippen LogP contribution in [0.1, 0.15) is 54.4 Å². The maximum absolute atomic E-state index is 12.9. The summed E-state index contributed by atoms with van der Waals surface area (Å²) in [5.41, 5.74) is 2.51. The summed E-state index contributed by atoms with van der Waals surface area (Å²) in [5.74, 6) is 1.77. The maximum atomic E-state index is 12.9. The Kier molecular flexibility index (Phi) is 7.49. The van der Waals surface area contributed by atoms with Crippen LogP contribution in [0.5, 0.6) is 5.75 Å². The van der Waals surface area contributed by atoms with Gasteiger partial charge in [0.15, 0.2) is 11.0 Å². The van der Waals surface area contributed by atoms with Gasteiger partial charge in [-0.1, -0.05) is 48.3 Å². The van der Waals surface area contributed by atoms with E-state index in [-0.39, 0.29) is 18.3 Å². The molecular formula is C24H27ClN6O2S. The number of nitriles is 1. The first-order valence-electron chi connectivity index (χ1n) is 11.2. The van der Waals surface area contributed by atoms with Gasteiger partial charge in [-0.15, -0.1) is 10.2 Å². The second kappa shape index (κ2) is 10.5. The minimum Gasteiger partial charge on any atom is -0.484 e. The van der Waals surface area contributed by atoms with Gasteiger partial charge in [0.2, 0.25) is 5.91 Å². The molecule has 2 heterocycles. The smallest absolute Gasteiger partial charge is 0.235 e. The maximum Gasteiger partial charge on any atom is 0.235 e. The molecule has 0 saturated heterocycles. The number of nitrogens with zero attached hydrogens (tertiary/aromatic N) is 5. The van der Waals surface area contributed by atoms with Crippen LogP contribution < -0.4 is 10.1 Å². The Hall–Kier alpha value is -2.96. The molecule has 1 fully saturated rings. The summed E-state index contributed by atoms with van der Waals surface area (Å²) in [7, 11) is 1.83. The van der Waals surface area contributed by atoms with Crippen molar-refractivity contribution < 1.29 is 9.53 Å². The summed E-state index contributed by atoms with van der Waals surface area (Å²) < 4.78 is 9.69. The molecule has 0 radical (unpaired) electrons. The van der Waals surface area contributed by atoms with E-state index in [2.05, 4.69) is 26.2 Å². The van der Waals surface area contributed by atoms with Crippen molar-refractivity contribution in [1.82, 2.24) is 19.3 Å². The van der Waals surface area contributed by atoms with Crippen LogP contribution in [0.4, 0.5) is 5.82 Å². The van der Waals surface area contributed by atoms with Crippen molar-refractivity contribution in [2.45, 2.75) is 57.3 Å². The van der Waals surface area contributed by atoms with E-state index >= 15 is 0 Å². The van der Waals surface area contributed by atoms with Gasteiger partial charge in [0, 0.05) is 18.8 Å². The van der Waals surface area contributed by atoms with E-state index in [0.717, 1.165) is 24.1 Å². The van der Waals surface area contributed by atoms with Crippen LogP contribution in [0, 0.1) is 25.2 Å². The highest BCUT2D eigenvalue weighted by molar-refractivity contribution is 7.99. The van der Waals surface area contributed by atoms with Crippen molar-refractivity contribution in [3.05, 3.63) is 51.9 Å². The Bertz CT molecular complexity index is 1240. The van der Waals surface area contributed by atoms with Crippen LogP contribution in [0.25, 0.3) is 0 Å². The number of nitrogens with one attached hydrogen (secondary N) is 1. The fraction of sp³-hybridized carbons (Fsp3) is 0.417. The summed E-state index contributed by atoms with van der Waals surface area (Å²) >= 11 is 7.42. The summed E-state index contributed by atoms with van der Waals surface area (Å²) in [5, 5.41) is 22.2. The van der Waals surface area contributed by atoms with Crippen LogP contribution in [-0.4, -0.2) is 31.0 Å². The summed E-state index contributed by atoms with van der Waals surface area (Å²) in [6, 6.07) is 9.84. The second-order valence-corrected chi connectivity index (χ2v) is 9.72. The van der Waals surface area contributed by atoms with Gasteiger partial charge >= 0.3 is 0 Å². The highest BCUT2D eigenvalue weighted by Gasteiger charge is 2.26. The zero-order valence-electron chi connectivity index (χ0n) is 19.5. The number of para-hydroxylation sites is 1. The molecule has 0 spiro atoms. The molecule has 1 aromatic carbocycles. The molecule has 2 aromatic heterocycles. The molecule has 0 bridgehead atoms. The molecule has 8 nitrogen and oxygen atoms in total. The number of rotatable bonds is 8. The van der Waals surface area contributed by atoms with Gasteiger partial charge in [0.1, 0.15) is 24.2 Å². The van der Waals surface area contributed by atoms with E-state index in [1.807, 2.05) is 33.0 Å². The van der Waals surface area contributed by atoms with Gasteiger partial charge in [-0.2, -0.15) is 5.26 Å². The third-order valence-corrected chi connectivity index (χ3v) is 7.60. The molecule has 0 unspecified atom stereocenters. The zero-order valence-corrected chi connectivity index (χ0v) is 21.0. The molecule has 10 heteroatoms. The highest BCUT2D eigenvalue weighted by Crippen LogP contribution is 2.37. The van der Waals surface area contributed by atoms with Crippen LogP contribution in [0.15, 0.2) is 29.4 Å². The van der Waals surface area contributed by atoms with E-state index in [1.165, 1.54) is 24.6 Å². The first kappa shape index (κ1) is 24.2. The monoisotopic (exact) mass is 498 g/mol. The third-order valence-electron chi connectivity index (χ3n) is 6.27. The number of benzene rings is 1. The van der Waals surface area contributed by atoms with Crippen molar-refractivity contribution in [2.24, 2.45) is 7.05 Å². The zero-order chi connectivity index (χ0) is 24.2. The van der Waals surface area contributed by atoms with Gasteiger partial charge < -0.3 is 19.2 Å². The Labute approximate surface area is 208 Å². The number of ether oxygens (including phenoxy) is 1. The molecule has 1 saturated carbocycles. The van der Waals surface area contributed by atoms with E-state index in [0.29, 0.717) is 39.2 Å². The van der Waals surface area contributed by atoms with Crippen molar-refractivity contribution in [3.63, 3.8) is 0 Å². The number of anilines is 1. The number of carbonyl (C=O) groups is 1. The van der Waals surface area contributed by atoms with Crippen molar-refractivity contribution in [1.29, 1.82) is 5.26 Å². The number of hydrogen-bond donors (Lipinski definition) is 1. The lowest BCUT2D eigenvalue weighted by Gasteiger charge is -2.19. The topological polar surface area (TPSA) is 97.8 Å². The third kappa shape index (κ3) is 4.93. The lowest BCUT2D eigenvalue weighted by Crippen LogP contribution is -2.20. The number of amides is 1. The largest absolute Gasteiger partial charge is 0.484 e. The molecule has 4 rings (SSSR count). The number of halogens is 1. The Morgan fingerprint density at radius 1 is 1.29 bits per heavy atom. The highest BCUT2D eigenvalue weighted by atomic mass is 35.5. The average Bonchev–Trinajstić information content (AvgIpc) is 3.52. The fourth-order valence-corrected chi connectivity index (χ4v) is 5.22. The van der Waals surface area contributed by atoms with Gasteiger partial charge in [0.05, 0.1) is 16.3 Å². The summed E-state index contributed by atoms with van der Waals surface area (Å²) in [6.07, 6.45) is 4.47. The van der Waals surface area contributed by atoms with Crippen LogP contribution in [0.3, 0.4) is 0 Å². The number of carbonyl (C=O) groups excluding carboxylic acids is 1. The Balaban J connectivity index is 1.41. The summed E-state index contributed by atoms with van der Waals surface area (Å²) in [4.78, 5) is 12.9. The Morgan fingerprint density at radius 2 is 2.03 bits per heavy atom. The standard InChI is InChI=1S/C24H27ClN6O2S/c1-15-16(2)31(17-8-4-5-9-17)23(18(15)12-26)27-22(32)14-34-24-29-28-21(30(24)3)13-33-20-11-7-6-10-19(20)25/h6-7,10-11,17H,4-5,8-9,13-14H2,1-3H3,(H,27,32). The van der Waals surface area contributed by atoms with Gasteiger partial charge in [0.25, 0.3) is 0 Å². The van der Waals surface area contributed by atoms with E-state index in [4.69, 9.17) is 16.3 Å². The molecule has 0 atom stereocenters. The lowest BCUT2D eigenvalue weighted by atomic mass is 10.2. The van der Waals surface area contributed by atoms with Crippen LogP contribution in [0.2, 0.25) is 5.02 Å². The predicted octanol–water partition coefficient (Wildman–Crippen LogP) is 5.18. The van der Waals surface area contributed by atoms with Crippen molar-refractivity contribution in [3.8, 4) is 11.8 Å². The summed E-state index contributed by atoms with van der Waals surface area (Å²) in [6.45, 7) is 4.17. The number of hydrogen-bond acceptors (Lipinski definition) is 6. The molecule has 1 aliphatic rings. The fourth-order valence-electron chi connectivity index (χ4n) is 4.30. The number of thioether (sulfide) groups is 1. The second-order valence-electron chi connectivity index (χ2n) is 8.37. The van der Waals surface area contributed by atoms with Gasteiger partial charge in [-0.05, 0) is 44.4 Å². The molecule has 1 amide bonds. The van der Waals surface area contributed by atoms with Crippen LogP contribution in [-0.2, 0) is 18.4 Å². The minimum atomic E-state index is -0.185. The van der Waals surface area contributed by atoms with E-state index < -0.39 is 0 Å². The van der Waals surface area contributed by atoms with Crippen LogP contribution >= 0.6 is 23.4 Å². The normalized spacial score (nSPS) is 13.7. The van der Waals surface area contributed by atoms with E-state index in [9.17, 15) is 10.1 Å². The van der Waals surface area contributed by atoms with Gasteiger partial charge in [-0.3, -0.25) is 4.79 Å². The molecule has 1 N–H and O–H groups in total. The first-order chi connectivity index (χ1) is 16.4. The molecule has 34 heavy (non-hydrogen) atoms. The SMILES string of the molecule is Cc1c(C#N)c(NC(=O)CSc2nnc(COc3ccccc3Cl)n2C)n(C2CCCC2)c1C. The molecule has 0 aliphatic heterocycles. The van der Waals surface area contributed by atoms with E-state index in [1.54, 1.807) is 16.7 Å². The Morgan fingerprint density at radius 3 is 2.74 bits per heavy atom. The molecule has 1 aliphatic carbocycles. The minimum absolute atomic E-state index is 0.149. The lowest BCUT2D eigenvalue weighted by molar-refractivity contribution is -0.113. The van der Waals surface area contributed by atoms with Crippen molar-refractivity contribution >= 4 is 35.1 Å². The van der Waals surface area contributed by atoms with Crippen molar-refractivity contribution in [2.75, 3.05) is 11.1 Å². The quantitative estimate of drug-likeness (QED) is 0.429. The average molecular weight is 499 g/mol. The predicted molar refractivity (Wildman–Crippen MR) is 132 cm³/mol. The van der Waals surface area contributed by atoms with Gasteiger partial charge in [-0.25, -0.2) is 0 Å². The number of aromatic nitrogens is 4. The molecular weight excluding hydrogens is 472 g/mol. The molecule has 3 aromatic rings.